The molecule has 2 nitrogen and oxygen atoms in total. The molecule has 4 heteroatoms. The van der Waals surface area contributed by atoms with Crippen LogP contribution in [0.1, 0.15) is 72.8 Å². The van der Waals surface area contributed by atoms with Crippen LogP contribution in [0.15, 0.2) is 42.2 Å². The maximum absolute atomic E-state index is 9.82. The van der Waals surface area contributed by atoms with Crippen molar-refractivity contribution in [1.82, 2.24) is 0 Å². The predicted molar refractivity (Wildman–Crippen MR) is 117 cm³/mol. The zero-order valence-corrected chi connectivity index (χ0v) is 19.1. The van der Waals surface area contributed by atoms with Gasteiger partial charge in [-0.15, -0.1) is 0 Å². The highest BCUT2D eigenvalue weighted by atomic mass is 127. The first kappa shape index (κ1) is 25.7. The summed E-state index contributed by atoms with van der Waals surface area (Å²) < 4.78 is 5.45. The van der Waals surface area contributed by atoms with E-state index in [-0.39, 0.29) is 5.41 Å². The monoisotopic (exact) mass is 464 g/mol. The van der Waals surface area contributed by atoms with E-state index in [1.54, 1.807) is 0 Å². The fourth-order valence-electron chi connectivity index (χ4n) is 1.63. The summed E-state index contributed by atoms with van der Waals surface area (Å²) in [6, 6.07) is 10.5. The van der Waals surface area contributed by atoms with E-state index in [2.05, 4.69) is 65.4 Å². The van der Waals surface area contributed by atoms with Gasteiger partial charge in [-0.05, 0) is 17.1 Å². The van der Waals surface area contributed by atoms with Crippen LogP contribution in [0.25, 0.3) is 0 Å². The molecule has 0 aliphatic rings. The van der Waals surface area contributed by atoms with E-state index in [1.165, 1.54) is 14.8 Å². The zero-order chi connectivity index (χ0) is 19.0. The van der Waals surface area contributed by atoms with Gasteiger partial charge in [-0.1, -0.05) is 78.8 Å². The van der Waals surface area contributed by atoms with Gasteiger partial charge in [0.15, 0.2) is 0 Å². The van der Waals surface area contributed by atoms with Crippen LogP contribution in [-0.4, -0.2) is 6.29 Å². The van der Waals surface area contributed by atoms with Crippen molar-refractivity contribution in [3.05, 3.63) is 47.7 Å². The Kier molecular flexibility index (Phi) is 17.2. The number of hydrogen-bond acceptors (Lipinski definition) is 3. The standard InChI is InChI=1S/C12H15IOS.C6H12O.C2H6/c1-3-12(14-15-13)9-10(2)11-7-5-4-6-8-11;1-6(2,3)4-5-7;1-2/h4-10H,3H2,1-2H3;5H,4H2,1-3H3;1-2H3/b12-9+;;. The third kappa shape index (κ3) is 15.1. The summed E-state index contributed by atoms with van der Waals surface area (Å²) in [7, 11) is 1.37. The lowest BCUT2D eigenvalue weighted by molar-refractivity contribution is -0.109. The van der Waals surface area contributed by atoms with E-state index in [1.807, 2.05) is 40.7 Å². The van der Waals surface area contributed by atoms with Crippen LogP contribution in [0.3, 0.4) is 0 Å². The van der Waals surface area contributed by atoms with Crippen LogP contribution in [0.2, 0.25) is 0 Å². The summed E-state index contributed by atoms with van der Waals surface area (Å²) in [5, 5.41) is 0. The summed E-state index contributed by atoms with van der Waals surface area (Å²) in [6.07, 6.45) is 4.74. The third-order valence-electron chi connectivity index (χ3n) is 2.94. The molecule has 1 rings (SSSR count). The zero-order valence-electron chi connectivity index (χ0n) is 16.1. The smallest absolute Gasteiger partial charge is 0.127 e. The highest BCUT2D eigenvalue weighted by molar-refractivity contribution is 14.2. The quantitative estimate of drug-likeness (QED) is 0.186. The Bertz CT molecular complexity index is 439. The van der Waals surface area contributed by atoms with E-state index >= 15 is 0 Å². The van der Waals surface area contributed by atoms with E-state index in [0.717, 1.165) is 18.5 Å². The third-order valence-corrected chi connectivity index (χ3v) is 3.76. The lowest BCUT2D eigenvalue weighted by Gasteiger charge is -2.11. The minimum Gasteiger partial charge on any atom is -0.420 e. The fraction of sp³-hybridized carbons (Fsp3) is 0.550. The molecule has 138 valence electrons. The van der Waals surface area contributed by atoms with Crippen molar-refractivity contribution in [2.75, 3.05) is 0 Å². The summed E-state index contributed by atoms with van der Waals surface area (Å²) in [5.41, 5.74) is 1.51. The molecule has 0 aliphatic carbocycles. The molecular formula is C20H33IO2S. The molecule has 0 amide bonds. The molecule has 0 bridgehead atoms. The van der Waals surface area contributed by atoms with Gasteiger partial charge in [-0.2, -0.15) is 0 Å². The van der Waals surface area contributed by atoms with E-state index in [0.29, 0.717) is 12.3 Å². The largest absolute Gasteiger partial charge is 0.420 e. The summed E-state index contributed by atoms with van der Waals surface area (Å²) in [4.78, 5) is 9.82. The first-order valence-electron chi connectivity index (χ1n) is 8.48. The molecule has 0 heterocycles. The van der Waals surface area contributed by atoms with Crippen molar-refractivity contribution in [3.63, 3.8) is 0 Å². The van der Waals surface area contributed by atoms with Crippen LogP contribution in [-0.2, 0) is 8.98 Å². The number of halogens is 1. The molecule has 24 heavy (non-hydrogen) atoms. The summed E-state index contributed by atoms with van der Waals surface area (Å²) in [6.45, 7) is 14.4. The molecule has 1 aromatic carbocycles. The molecule has 0 saturated heterocycles. The Hall–Kier alpha value is -0.490. The maximum atomic E-state index is 9.82. The van der Waals surface area contributed by atoms with Gasteiger partial charge >= 0.3 is 0 Å². The molecule has 1 atom stereocenters. The van der Waals surface area contributed by atoms with Crippen molar-refractivity contribution in [2.24, 2.45) is 5.41 Å². The first-order chi connectivity index (χ1) is 11.3. The Morgan fingerprint density at radius 3 is 2.12 bits per heavy atom. The fourth-order valence-corrected chi connectivity index (χ4v) is 2.57. The van der Waals surface area contributed by atoms with Gasteiger partial charge in [-0.25, -0.2) is 0 Å². The van der Waals surface area contributed by atoms with Gasteiger partial charge in [-0.3, -0.25) is 0 Å². The molecule has 0 radical (unpaired) electrons. The SMILES string of the molecule is CC.CC(C)(C)CC=O.CC/C(=C\C(C)c1ccccc1)OSI. The van der Waals surface area contributed by atoms with Gasteiger partial charge in [0, 0.05) is 40.0 Å². The molecule has 1 aromatic rings. The van der Waals surface area contributed by atoms with E-state index in [9.17, 15) is 4.79 Å². The van der Waals surface area contributed by atoms with Crippen molar-refractivity contribution in [1.29, 1.82) is 0 Å². The molecular weight excluding hydrogens is 431 g/mol. The Morgan fingerprint density at radius 2 is 1.79 bits per heavy atom. The molecule has 0 N–H and O–H groups in total. The van der Waals surface area contributed by atoms with Crippen molar-refractivity contribution in [2.45, 2.75) is 67.2 Å². The Morgan fingerprint density at radius 1 is 1.25 bits per heavy atom. The number of carbonyl (C=O) groups is 1. The molecule has 0 aromatic heterocycles. The van der Waals surface area contributed by atoms with Crippen LogP contribution < -0.4 is 0 Å². The molecule has 0 saturated carbocycles. The minimum atomic E-state index is 0.182. The number of benzene rings is 1. The van der Waals surface area contributed by atoms with Gasteiger partial charge in [0.2, 0.25) is 0 Å². The average Bonchev–Trinajstić information content (AvgIpc) is 2.56. The molecule has 0 fully saturated rings. The second kappa shape index (κ2) is 16.0. The minimum absolute atomic E-state index is 0.182. The molecule has 1 unspecified atom stereocenters. The van der Waals surface area contributed by atoms with Crippen LogP contribution in [0, 0.1) is 5.41 Å². The van der Waals surface area contributed by atoms with Crippen molar-refractivity contribution >= 4 is 36.7 Å². The lowest BCUT2D eigenvalue weighted by atomic mass is 9.93. The predicted octanol–water partition coefficient (Wildman–Crippen LogP) is 7.75. The van der Waals surface area contributed by atoms with E-state index in [4.69, 9.17) is 4.18 Å². The highest BCUT2D eigenvalue weighted by Gasteiger charge is 2.07. The molecule has 0 aliphatic heterocycles. The second-order valence-corrected chi connectivity index (χ2v) is 7.64. The van der Waals surface area contributed by atoms with Gasteiger partial charge in [0.25, 0.3) is 0 Å². The first-order valence-corrected chi connectivity index (χ1v) is 11.8. The Balaban J connectivity index is 0. The van der Waals surface area contributed by atoms with E-state index < -0.39 is 0 Å². The van der Waals surface area contributed by atoms with Crippen molar-refractivity contribution in [3.8, 4) is 0 Å². The van der Waals surface area contributed by atoms with Crippen molar-refractivity contribution < 1.29 is 8.98 Å². The van der Waals surface area contributed by atoms with Gasteiger partial charge in [0.1, 0.15) is 21.3 Å². The van der Waals surface area contributed by atoms with Gasteiger partial charge < -0.3 is 8.98 Å². The van der Waals surface area contributed by atoms with Crippen LogP contribution >= 0.6 is 30.4 Å². The highest BCUT2D eigenvalue weighted by Crippen LogP contribution is 2.24. The average molecular weight is 464 g/mol. The number of aldehydes is 1. The Labute approximate surface area is 165 Å². The number of carbonyl (C=O) groups excluding carboxylic acids is 1. The number of allylic oxidation sites excluding steroid dienone is 2. The van der Waals surface area contributed by atoms with Crippen LogP contribution in [0.5, 0.6) is 0 Å². The summed E-state index contributed by atoms with van der Waals surface area (Å²) >= 11 is 2.14. The topological polar surface area (TPSA) is 26.3 Å². The lowest BCUT2D eigenvalue weighted by Crippen LogP contribution is -2.04. The maximum Gasteiger partial charge on any atom is 0.127 e. The summed E-state index contributed by atoms with van der Waals surface area (Å²) in [5.74, 6) is 1.45. The van der Waals surface area contributed by atoms with Gasteiger partial charge in [0.05, 0.1) is 0 Å². The number of rotatable bonds is 6. The molecule has 0 spiro atoms. The second-order valence-electron chi connectivity index (χ2n) is 6.26. The normalized spacial score (nSPS) is 12.1. The van der Waals surface area contributed by atoms with Crippen LogP contribution in [0.4, 0.5) is 0 Å². The number of hydrogen-bond donors (Lipinski definition) is 0.